The highest BCUT2D eigenvalue weighted by Gasteiger charge is 2.25. The fourth-order valence-corrected chi connectivity index (χ4v) is 3.22. The van der Waals surface area contributed by atoms with Crippen LogP contribution in [0.3, 0.4) is 0 Å². The number of fused-ring (bicyclic) bond motifs is 1. The van der Waals surface area contributed by atoms with Crippen molar-refractivity contribution in [2.24, 2.45) is 5.73 Å². The molecule has 0 atom stereocenters. The van der Waals surface area contributed by atoms with E-state index in [9.17, 15) is 0 Å². The smallest absolute Gasteiger partial charge is 0.119 e. The second-order valence-electron chi connectivity index (χ2n) is 7.56. The molecule has 2 aromatic heterocycles. The zero-order valence-corrected chi connectivity index (χ0v) is 16.4. The van der Waals surface area contributed by atoms with Gasteiger partial charge in [0.2, 0.25) is 0 Å². The molecular formula is C23H24N4O. The first kappa shape index (κ1) is 18.2. The number of pyridine rings is 1. The number of ether oxygens (including phenoxy) is 1. The van der Waals surface area contributed by atoms with E-state index in [2.05, 4.69) is 48.1 Å². The summed E-state index contributed by atoms with van der Waals surface area (Å²) in [5.41, 5.74) is 9.75. The minimum atomic E-state index is -0.246. The lowest BCUT2D eigenvalue weighted by molar-refractivity contribution is 0.415. The summed E-state index contributed by atoms with van der Waals surface area (Å²) in [6.45, 7) is 4.70. The second-order valence-corrected chi connectivity index (χ2v) is 7.56. The molecule has 0 spiro atoms. The Morgan fingerprint density at radius 1 is 0.964 bits per heavy atom. The Morgan fingerprint density at radius 2 is 1.68 bits per heavy atom. The molecule has 5 heteroatoms. The summed E-state index contributed by atoms with van der Waals surface area (Å²) < 4.78 is 5.33. The van der Waals surface area contributed by atoms with Crippen molar-refractivity contribution >= 4 is 10.8 Å². The quantitative estimate of drug-likeness (QED) is 0.539. The summed E-state index contributed by atoms with van der Waals surface area (Å²) in [7, 11) is 1.68. The van der Waals surface area contributed by atoms with Crippen molar-refractivity contribution in [3.05, 3.63) is 66.7 Å². The Labute approximate surface area is 164 Å². The molecule has 0 bridgehead atoms. The fourth-order valence-electron chi connectivity index (χ4n) is 3.22. The van der Waals surface area contributed by atoms with Crippen LogP contribution in [0.15, 0.2) is 60.9 Å². The number of aromatic amines is 1. The van der Waals surface area contributed by atoms with Gasteiger partial charge in [0.15, 0.2) is 0 Å². The summed E-state index contributed by atoms with van der Waals surface area (Å²) in [5, 5.41) is 2.27. The van der Waals surface area contributed by atoms with Crippen LogP contribution in [0.5, 0.6) is 5.75 Å². The summed E-state index contributed by atoms with van der Waals surface area (Å²) in [6, 6.07) is 16.4. The van der Waals surface area contributed by atoms with E-state index >= 15 is 0 Å². The summed E-state index contributed by atoms with van der Waals surface area (Å²) in [5.74, 6) is 1.73. The first-order chi connectivity index (χ1) is 13.5. The van der Waals surface area contributed by atoms with Crippen molar-refractivity contribution in [1.29, 1.82) is 0 Å². The number of nitrogens with zero attached hydrogens (tertiary/aromatic N) is 2. The number of benzene rings is 2. The second kappa shape index (κ2) is 7.09. The highest BCUT2D eigenvalue weighted by atomic mass is 16.5. The van der Waals surface area contributed by atoms with Gasteiger partial charge in [-0.25, -0.2) is 4.98 Å². The van der Waals surface area contributed by atoms with Crippen LogP contribution in [-0.4, -0.2) is 28.6 Å². The molecule has 4 rings (SSSR count). The summed E-state index contributed by atoms with van der Waals surface area (Å²) in [4.78, 5) is 12.6. The van der Waals surface area contributed by atoms with Crippen molar-refractivity contribution in [3.63, 3.8) is 0 Å². The topological polar surface area (TPSA) is 76.8 Å². The molecule has 0 radical (unpaired) electrons. The number of hydrogen-bond acceptors (Lipinski definition) is 4. The molecular weight excluding hydrogens is 348 g/mol. The van der Waals surface area contributed by atoms with E-state index in [-0.39, 0.29) is 5.41 Å². The first-order valence-electron chi connectivity index (χ1n) is 9.31. The Balaban J connectivity index is 1.89. The van der Waals surface area contributed by atoms with Gasteiger partial charge in [0.05, 0.1) is 18.5 Å². The highest BCUT2D eigenvalue weighted by Crippen LogP contribution is 2.34. The van der Waals surface area contributed by atoms with Crippen LogP contribution in [-0.2, 0) is 5.41 Å². The molecule has 0 fully saturated rings. The molecule has 0 aliphatic rings. The van der Waals surface area contributed by atoms with Crippen molar-refractivity contribution in [3.8, 4) is 28.3 Å². The van der Waals surface area contributed by atoms with Crippen LogP contribution in [0.2, 0.25) is 0 Å². The Bertz CT molecular complexity index is 1120. The van der Waals surface area contributed by atoms with Crippen LogP contribution in [0, 0.1) is 0 Å². The third-order valence-corrected chi connectivity index (χ3v) is 5.15. The van der Waals surface area contributed by atoms with Crippen molar-refractivity contribution in [2.45, 2.75) is 19.3 Å². The maximum Gasteiger partial charge on any atom is 0.119 e. The average molecular weight is 372 g/mol. The molecule has 0 aliphatic heterocycles. The van der Waals surface area contributed by atoms with E-state index in [0.717, 1.165) is 44.9 Å². The Kier molecular flexibility index (Phi) is 4.61. The number of H-pyrrole nitrogens is 1. The third kappa shape index (κ3) is 3.25. The van der Waals surface area contributed by atoms with Gasteiger partial charge in [0.1, 0.15) is 11.6 Å². The van der Waals surface area contributed by atoms with Gasteiger partial charge < -0.3 is 15.5 Å². The Hall–Kier alpha value is -3.18. The largest absolute Gasteiger partial charge is 0.497 e. The molecule has 3 N–H and O–H groups in total. The Morgan fingerprint density at radius 3 is 2.39 bits per heavy atom. The van der Waals surface area contributed by atoms with E-state index in [4.69, 9.17) is 15.5 Å². The number of imidazole rings is 1. The first-order valence-corrected chi connectivity index (χ1v) is 9.31. The minimum Gasteiger partial charge on any atom is -0.497 e. The van der Waals surface area contributed by atoms with E-state index in [1.54, 1.807) is 19.5 Å². The van der Waals surface area contributed by atoms with Gasteiger partial charge >= 0.3 is 0 Å². The maximum atomic E-state index is 5.99. The predicted octanol–water partition coefficient (Wildman–Crippen LogP) is 4.54. The van der Waals surface area contributed by atoms with Crippen LogP contribution in [0.1, 0.15) is 19.7 Å². The van der Waals surface area contributed by atoms with E-state index in [1.807, 2.05) is 24.3 Å². The van der Waals surface area contributed by atoms with E-state index in [1.165, 1.54) is 0 Å². The zero-order valence-electron chi connectivity index (χ0n) is 16.4. The standard InChI is InChI=1S/C23H24N4O/c1-23(2,14-24)22-26-20(15-8-10-25-11-9-15)21(27-22)18-5-4-17-13-19(28-3)7-6-16(17)12-18/h4-13H,14,24H2,1-3H3,(H,26,27). The molecule has 2 heterocycles. The number of rotatable bonds is 5. The van der Waals surface area contributed by atoms with Crippen molar-refractivity contribution < 1.29 is 4.74 Å². The van der Waals surface area contributed by atoms with Gasteiger partial charge in [-0.3, -0.25) is 4.98 Å². The van der Waals surface area contributed by atoms with E-state index < -0.39 is 0 Å². The highest BCUT2D eigenvalue weighted by molar-refractivity contribution is 5.90. The predicted molar refractivity (Wildman–Crippen MR) is 113 cm³/mol. The lowest BCUT2D eigenvalue weighted by Gasteiger charge is -2.18. The number of aromatic nitrogens is 3. The van der Waals surface area contributed by atoms with Gasteiger partial charge in [-0.05, 0) is 41.1 Å². The van der Waals surface area contributed by atoms with Crippen LogP contribution >= 0.6 is 0 Å². The van der Waals surface area contributed by atoms with Crippen LogP contribution in [0.4, 0.5) is 0 Å². The van der Waals surface area contributed by atoms with Gasteiger partial charge in [-0.15, -0.1) is 0 Å². The number of nitrogens with two attached hydrogens (primary N) is 1. The van der Waals surface area contributed by atoms with Crippen LogP contribution in [0.25, 0.3) is 33.3 Å². The SMILES string of the molecule is COc1ccc2cc(-c3nc(C(C)(C)CN)[nH]c3-c3ccncc3)ccc2c1. The van der Waals surface area contributed by atoms with Gasteiger partial charge in [0.25, 0.3) is 0 Å². The zero-order chi connectivity index (χ0) is 19.7. The summed E-state index contributed by atoms with van der Waals surface area (Å²) >= 11 is 0. The maximum absolute atomic E-state index is 5.99. The fraction of sp³-hybridized carbons (Fsp3) is 0.217. The summed E-state index contributed by atoms with van der Waals surface area (Å²) in [6.07, 6.45) is 3.58. The molecule has 0 saturated carbocycles. The van der Waals surface area contributed by atoms with E-state index in [0.29, 0.717) is 6.54 Å². The molecule has 0 saturated heterocycles. The normalized spacial score (nSPS) is 11.7. The molecule has 28 heavy (non-hydrogen) atoms. The third-order valence-electron chi connectivity index (χ3n) is 5.15. The van der Waals surface area contributed by atoms with Crippen molar-refractivity contribution in [1.82, 2.24) is 15.0 Å². The molecule has 142 valence electrons. The van der Waals surface area contributed by atoms with Crippen LogP contribution < -0.4 is 10.5 Å². The minimum absolute atomic E-state index is 0.246. The monoisotopic (exact) mass is 372 g/mol. The molecule has 0 aliphatic carbocycles. The lowest BCUT2D eigenvalue weighted by Crippen LogP contribution is -2.29. The number of methoxy groups -OCH3 is 1. The number of hydrogen-bond donors (Lipinski definition) is 2. The molecule has 0 unspecified atom stereocenters. The molecule has 0 amide bonds. The van der Waals surface area contributed by atoms with Crippen molar-refractivity contribution in [2.75, 3.05) is 13.7 Å². The van der Waals surface area contributed by atoms with Gasteiger partial charge in [-0.2, -0.15) is 0 Å². The number of nitrogens with one attached hydrogen (secondary N) is 1. The van der Waals surface area contributed by atoms with Gasteiger partial charge in [-0.1, -0.05) is 32.0 Å². The molecule has 4 aromatic rings. The molecule has 2 aromatic carbocycles. The molecule has 5 nitrogen and oxygen atoms in total. The average Bonchev–Trinajstić information content (AvgIpc) is 3.20. The van der Waals surface area contributed by atoms with Gasteiger partial charge in [0, 0.05) is 35.5 Å². The lowest BCUT2D eigenvalue weighted by atomic mass is 9.93.